The van der Waals surface area contributed by atoms with Crippen molar-refractivity contribution in [1.82, 2.24) is 9.80 Å². The highest BCUT2D eigenvalue weighted by Crippen LogP contribution is 2.44. The highest BCUT2D eigenvalue weighted by Gasteiger charge is 2.47. The fourth-order valence-electron chi connectivity index (χ4n) is 4.45. The zero-order chi connectivity index (χ0) is 20.1. The Morgan fingerprint density at radius 1 is 1.11 bits per heavy atom. The van der Waals surface area contributed by atoms with Crippen LogP contribution in [0.3, 0.4) is 0 Å². The summed E-state index contributed by atoms with van der Waals surface area (Å²) in [5.41, 5.74) is 1.94. The molecule has 2 aliphatic heterocycles. The van der Waals surface area contributed by atoms with Crippen LogP contribution in [0.1, 0.15) is 68.3 Å². The van der Waals surface area contributed by atoms with E-state index in [0.717, 1.165) is 69.5 Å². The van der Waals surface area contributed by atoms with Gasteiger partial charge in [-0.3, -0.25) is 9.59 Å². The third kappa shape index (κ3) is 4.40. The Labute approximate surface area is 174 Å². The van der Waals surface area contributed by atoms with Gasteiger partial charge in [0.1, 0.15) is 0 Å². The minimum atomic E-state index is -0.135. The summed E-state index contributed by atoms with van der Waals surface area (Å²) in [6, 6.07) is 7.89. The minimum absolute atomic E-state index is 0.135. The van der Waals surface area contributed by atoms with E-state index < -0.39 is 0 Å². The van der Waals surface area contributed by atoms with Crippen molar-refractivity contribution < 1.29 is 9.59 Å². The molecule has 1 aromatic carbocycles. The minimum Gasteiger partial charge on any atom is -0.342 e. The number of carbonyl (C=O) groups excluding carboxylic acids is 2. The fraction of sp³-hybridized carbons (Fsp3) is 0.652. The molecule has 0 saturated carbocycles. The molecule has 0 N–H and O–H groups in total. The second-order valence-corrected chi connectivity index (χ2v) is 9.65. The highest BCUT2D eigenvalue weighted by atomic mass is 32.2. The van der Waals surface area contributed by atoms with Crippen LogP contribution in [-0.2, 0) is 4.79 Å². The Morgan fingerprint density at radius 3 is 2.39 bits per heavy atom. The number of thioether (sulfide) groups is 1. The van der Waals surface area contributed by atoms with Gasteiger partial charge in [-0.25, -0.2) is 0 Å². The van der Waals surface area contributed by atoms with Gasteiger partial charge in [0.2, 0.25) is 5.91 Å². The van der Waals surface area contributed by atoms with E-state index >= 15 is 0 Å². The van der Waals surface area contributed by atoms with Gasteiger partial charge in [0.05, 0.1) is 4.87 Å². The van der Waals surface area contributed by atoms with E-state index in [0.29, 0.717) is 5.91 Å². The van der Waals surface area contributed by atoms with Crippen molar-refractivity contribution in [1.29, 1.82) is 0 Å². The van der Waals surface area contributed by atoms with Gasteiger partial charge in [0.25, 0.3) is 5.91 Å². The predicted molar refractivity (Wildman–Crippen MR) is 117 cm³/mol. The number of amides is 2. The Morgan fingerprint density at radius 2 is 1.79 bits per heavy atom. The zero-order valence-corrected chi connectivity index (χ0v) is 18.4. The number of unbranched alkanes of at least 4 members (excludes halogenated alkanes) is 1. The molecule has 1 aromatic rings. The molecular formula is C23H34N2O2S. The van der Waals surface area contributed by atoms with Gasteiger partial charge in [-0.1, -0.05) is 44.4 Å². The van der Waals surface area contributed by atoms with Crippen molar-refractivity contribution in [2.45, 2.75) is 64.2 Å². The van der Waals surface area contributed by atoms with Crippen molar-refractivity contribution in [2.24, 2.45) is 5.92 Å². The fourth-order valence-corrected chi connectivity index (χ4v) is 5.90. The molecule has 3 rings (SSSR count). The maximum atomic E-state index is 13.2. The number of carbonyl (C=O) groups is 2. The summed E-state index contributed by atoms with van der Waals surface area (Å²) < 4.78 is 0. The summed E-state index contributed by atoms with van der Waals surface area (Å²) in [4.78, 5) is 30.1. The SMILES string of the molecule is CCCC[C@H](CC)C(=O)N1CCC2(CC1)SCCN2C(=O)c1ccc(C)cc1. The van der Waals surface area contributed by atoms with Crippen LogP contribution in [0.5, 0.6) is 0 Å². The lowest BCUT2D eigenvalue weighted by Crippen LogP contribution is -2.54. The molecule has 5 heteroatoms. The summed E-state index contributed by atoms with van der Waals surface area (Å²) in [5.74, 6) is 1.61. The number of hydrogen-bond donors (Lipinski definition) is 0. The van der Waals surface area contributed by atoms with Crippen LogP contribution >= 0.6 is 11.8 Å². The van der Waals surface area contributed by atoms with Gasteiger partial charge in [0.15, 0.2) is 0 Å². The quantitative estimate of drug-likeness (QED) is 0.691. The van der Waals surface area contributed by atoms with Gasteiger partial charge in [-0.15, -0.1) is 11.8 Å². The molecule has 1 spiro atoms. The number of benzene rings is 1. The number of piperidine rings is 1. The zero-order valence-electron chi connectivity index (χ0n) is 17.6. The molecule has 28 heavy (non-hydrogen) atoms. The average molecular weight is 403 g/mol. The Kier molecular flexibility index (Phi) is 7.08. The summed E-state index contributed by atoms with van der Waals surface area (Å²) in [6.45, 7) is 8.69. The van der Waals surface area contributed by atoms with Crippen LogP contribution in [0.25, 0.3) is 0 Å². The molecule has 4 nitrogen and oxygen atoms in total. The van der Waals surface area contributed by atoms with E-state index in [2.05, 4.69) is 23.6 Å². The predicted octanol–water partition coefficient (Wildman–Crippen LogP) is 4.72. The van der Waals surface area contributed by atoms with E-state index in [9.17, 15) is 9.59 Å². The monoisotopic (exact) mass is 402 g/mol. The Bertz CT molecular complexity index is 680. The van der Waals surface area contributed by atoms with Crippen molar-refractivity contribution in [3.8, 4) is 0 Å². The van der Waals surface area contributed by atoms with Gasteiger partial charge >= 0.3 is 0 Å². The third-order valence-electron chi connectivity index (χ3n) is 6.33. The standard InChI is InChI=1S/C23H34N2O2S/c1-4-6-7-19(5-2)21(26)24-14-12-23(13-15-24)25(16-17-28-23)22(27)20-10-8-18(3)9-11-20/h8-11,19H,4-7,12-17H2,1-3H3/t19-/m0/s1. The highest BCUT2D eigenvalue weighted by molar-refractivity contribution is 8.00. The van der Waals surface area contributed by atoms with Crippen LogP contribution in [0, 0.1) is 12.8 Å². The first kappa shape index (κ1) is 21.2. The molecule has 0 aliphatic carbocycles. The van der Waals surface area contributed by atoms with E-state index in [4.69, 9.17) is 0 Å². The van der Waals surface area contributed by atoms with Crippen LogP contribution in [0.15, 0.2) is 24.3 Å². The lowest BCUT2D eigenvalue weighted by molar-refractivity contribution is -0.137. The van der Waals surface area contributed by atoms with Crippen LogP contribution in [0.4, 0.5) is 0 Å². The first-order valence-electron chi connectivity index (χ1n) is 10.8. The molecular weight excluding hydrogens is 368 g/mol. The lowest BCUT2D eigenvalue weighted by Gasteiger charge is -2.44. The van der Waals surface area contributed by atoms with Crippen molar-refractivity contribution in [3.05, 3.63) is 35.4 Å². The lowest BCUT2D eigenvalue weighted by atomic mass is 9.95. The van der Waals surface area contributed by atoms with Crippen molar-refractivity contribution >= 4 is 23.6 Å². The van der Waals surface area contributed by atoms with Crippen LogP contribution < -0.4 is 0 Å². The van der Waals surface area contributed by atoms with Gasteiger partial charge in [-0.05, 0) is 44.7 Å². The molecule has 154 valence electrons. The number of nitrogens with zero attached hydrogens (tertiary/aromatic N) is 2. The van der Waals surface area contributed by atoms with Gasteiger partial charge in [-0.2, -0.15) is 0 Å². The van der Waals surface area contributed by atoms with Crippen LogP contribution in [-0.4, -0.2) is 51.9 Å². The summed E-state index contributed by atoms with van der Waals surface area (Å²) in [5, 5.41) is 0. The summed E-state index contributed by atoms with van der Waals surface area (Å²) in [6.07, 6.45) is 5.94. The maximum Gasteiger partial charge on any atom is 0.254 e. The summed E-state index contributed by atoms with van der Waals surface area (Å²) in [7, 11) is 0. The van der Waals surface area contributed by atoms with Crippen LogP contribution in [0.2, 0.25) is 0 Å². The van der Waals surface area contributed by atoms with E-state index in [1.54, 1.807) is 0 Å². The van der Waals surface area contributed by atoms with E-state index in [1.165, 1.54) is 5.56 Å². The smallest absolute Gasteiger partial charge is 0.254 e. The molecule has 1 atom stereocenters. The summed E-state index contributed by atoms with van der Waals surface area (Å²) >= 11 is 1.91. The molecule has 0 bridgehead atoms. The molecule has 2 heterocycles. The normalized spacial score (nSPS) is 19.8. The Hall–Kier alpha value is -1.49. The third-order valence-corrected chi connectivity index (χ3v) is 7.88. The number of hydrogen-bond acceptors (Lipinski definition) is 3. The molecule has 2 saturated heterocycles. The second-order valence-electron chi connectivity index (χ2n) is 8.19. The Balaban J connectivity index is 1.65. The average Bonchev–Trinajstić information content (AvgIpc) is 3.12. The maximum absolute atomic E-state index is 13.2. The van der Waals surface area contributed by atoms with Crippen molar-refractivity contribution in [3.63, 3.8) is 0 Å². The largest absolute Gasteiger partial charge is 0.342 e. The number of aryl methyl sites for hydroxylation is 1. The molecule has 2 amide bonds. The van der Waals surface area contributed by atoms with Crippen molar-refractivity contribution in [2.75, 3.05) is 25.4 Å². The second kappa shape index (κ2) is 9.34. The topological polar surface area (TPSA) is 40.6 Å². The molecule has 2 fully saturated rings. The first-order valence-corrected chi connectivity index (χ1v) is 11.8. The molecule has 0 radical (unpaired) electrons. The molecule has 0 unspecified atom stereocenters. The number of rotatable bonds is 6. The first-order chi connectivity index (χ1) is 13.5. The van der Waals surface area contributed by atoms with E-state index in [1.807, 2.05) is 43.0 Å². The van der Waals surface area contributed by atoms with Gasteiger partial charge < -0.3 is 9.80 Å². The molecule has 0 aromatic heterocycles. The van der Waals surface area contributed by atoms with Gasteiger partial charge in [0, 0.05) is 36.9 Å². The molecule has 2 aliphatic rings. The number of likely N-dealkylation sites (tertiary alicyclic amines) is 1. The van der Waals surface area contributed by atoms with E-state index in [-0.39, 0.29) is 16.7 Å².